The first-order valence-electron chi connectivity index (χ1n) is 6.21. The summed E-state index contributed by atoms with van der Waals surface area (Å²) in [7, 11) is -1.57. The minimum atomic E-state index is -1.57. The van der Waals surface area contributed by atoms with Crippen LogP contribution in [0.1, 0.15) is 6.42 Å². The van der Waals surface area contributed by atoms with Crippen molar-refractivity contribution in [3.8, 4) is 0 Å². The van der Waals surface area contributed by atoms with Crippen LogP contribution in [0.25, 0.3) is 0 Å². The third kappa shape index (κ3) is 1.77. The van der Waals surface area contributed by atoms with Gasteiger partial charge in [-0.3, -0.25) is 0 Å². The van der Waals surface area contributed by atoms with Gasteiger partial charge in [0, 0.05) is 0 Å². The second-order valence-electron chi connectivity index (χ2n) is 4.64. The molecule has 17 heavy (non-hydrogen) atoms. The molecule has 0 nitrogen and oxygen atoms in total. The summed E-state index contributed by atoms with van der Waals surface area (Å²) in [5.41, 5.74) is 2.51. The van der Waals surface area contributed by atoms with Gasteiger partial charge in [0.1, 0.15) is 8.07 Å². The van der Waals surface area contributed by atoms with E-state index in [0.29, 0.717) is 0 Å². The zero-order valence-electron chi connectivity index (χ0n) is 9.84. The van der Waals surface area contributed by atoms with Gasteiger partial charge in [-0.1, -0.05) is 72.4 Å². The number of allylic oxidation sites excluding steroid dienone is 1. The molecule has 0 fully saturated rings. The minimum Gasteiger partial charge on any atom is -0.0920 e. The Balaban J connectivity index is 2.15. The molecular weight excluding hydrogens is 220 g/mol. The second kappa shape index (κ2) is 4.34. The monoisotopic (exact) mass is 236 g/mol. The van der Waals surface area contributed by atoms with Crippen molar-refractivity contribution < 1.29 is 0 Å². The summed E-state index contributed by atoms with van der Waals surface area (Å²) < 4.78 is 0. The molecule has 0 aromatic heterocycles. The molecule has 0 bridgehead atoms. The molecule has 84 valence electrons. The average molecular weight is 236 g/mol. The Bertz CT molecular complexity index is 474. The maximum absolute atomic E-state index is 2.51. The van der Waals surface area contributed by atoms with E-state index >= 15 is 0 Å². The third-order valence-corrected chi connectivity index (χ3v) is 8.29. The number of hydrogen-bond acceptors (Lipinski definition) is 0. The molecule has 1 heterocycles. The van der Waals surface area contributed by atoms with Crippen molar-refractivity contribution in [3.05, 3.63) is 72.4 Å². The first kappa shape index (κ1) is 10.5. The lowest BCUT2D eigenvalue weighted by molar-refractivity contribution is 1.22. The summed E-state index contributed by atoms with van der Waals surface area (Å²) >= 11 is 0. The molecule has 0 amide bonds. The van der Waals surface area contributed by atoms with Crippen LogP contribution < -0.4 is 10.4 Å². The van der Waals surface area contributed by atoms with Crippen LogP contribution in [-0.2, 0) is 0 Å². The first-order chi connectivity index (χ1) is 8.42. The van der Waals surface area contributed by atoms with Crippen LogP contribution in [0, 0.1) is 0 Å². The first-order valence-corrected chi connectivity index (χ1v) is 8.49. The summed E-state index contributed by atoms with van der Waals surface area (Å²) in [6.07, 6.45) is 3.60. The summed E-state index contributed by atoms with van der Waals surface area (Å²) in [5, 5.41) is 3.08. The minimum absolute atomic E-state index is 1.23. The van der Waals surface area contributed by atoms with Crippen molar-refractivity contribution in [3.63, 3.8) is 0 Å². The molecule has 0 N–H and O–H groups in total. The van der Waals surface area contributed by atoms with Gasteiger partial charge in [-0.05, 0) is 22.8 Å². The topological polar surface area (TPSA) is 0 Å². The molecule has 1 aliphatic heterocycles. The van der Waals surface area contributed by atoms with Crippen LogP contribution in [-0.4, -0.2) is 8.07 Å². The Morgan fingerprint density at radius 3 is 1.65 bits per heavy atom. The fourth-order valence-corrected chi connectivity index (χ4v) is 7.03. The molecule has 2 aromatic carbocycles. The van der Waals surface area contributed by atoms with Crippen molar-refractivity contribution in [2.75, 3.05) is 0 Å². The van der Waals surface area contributed by atoms with Gasteiger partial charge in [0.05, 0.1) is 0 Å². The highest BCUT2D eigenvalue weighted by Gasteiger charge is 2.36. The van der Waals surface area contributed by atoms with E-state index in [0.717, 1.165) is 0 Å². The highest BCUT2D eigenvalue weighted by Crippen LogP contribution is 2.21. The summed E-state index contributed by atoms with van der Waals surface area (Å²) in [5.74, 6) is 0. The van der Waals surface area contributed by atoms with E-state index < -0.39 is 8.07 Å². The molecule has 0 unspecified atom stereocenters. The van der Waals surface area contributed by atoms with Crippen molar-refractivity contribution in [1.82, 2.24) is 0 Å². The van der Waals surface area contributed by atoms with Gasteiger partial charge < -0.3 is 0 Å². The zero-order valence-corrected chi connectivity index (χ0v) is 10.8. The quantitative estimate of drug-likeness (QED) is 0.703. The van der Waals surface area contributed by atoms with E-state index in [9.17, 15) is 0 Å². The Morgan fingerprint density at radius 2 is 1.24 bits per heavy atom. The maximum Gasteiger partial charge on any atom is 0.141 e. The Morgan fingerprint density at radius 1 is 0.706 bits per heavy atom. The molecule has 0 saturated heterocycles. The van der Waals surface area contributed by atoms with Gasteiger partial charge in [0.15, 0.2) is 0 Å². The molecule has 1 heteroatoms. The third-order valence-electron chi connectivity index (χ3n) is 3.69. The Kier molecular flexibility index (Phi) is 2.69. The van der Waals surface area contributed by atoms with Crippen molar-refractivity contribution in [1.29, 1.82) is 0 Å². The van der Waals surface area contributed by atoms with E-state index in [2.05, 4.69) is 72.4 Å². The standard InChI is InChI=1S/C16H16Si/c1-3-9-15(10-4-1)17(13-7-8-14-17)16-11-5-2-6-12-16/h1-7,9-13H,8,14H2. The molecule has 0 spiro atoms. The van der Waals surface area contributed by atoms with Gasteiger partial charge in [-0.25, -0.2) is 0 Å². The molecular formula is C16H16Si. The molecule has 3 rings (SSSR count). The molecule has 0 aliphatic carbocycles. The molecule has 1 aliphatic rings. The van der Waals surface area contributed by atoms with Gasteiger partial charge >= 0.3 is 0 Å². The predicted octanol–water partition coefficient (Wildman–Crippen LogP) is 2.75. The SMILES string of the molecule is C1=C[Si](c2ccccc2)(c2ccccc2)CC1. The number of benzene rings is 2. The summed E-state index contributed by atoms with van der Waals surface area (Å²) in [6.45, 7) is 0. The fraction of sp³-hybridized carbons (Fsp3) is 0.125. The highest BCUT2D eigenvalue weighted by atomic mass is 28.3. The van der Waals surface area contributed by atoms with Crippen LogP contribution >= 0.6 is 0 Å². The van der Waals surface area contributed by atoms with Crippen molar-refractivity contribution in [2.24, 2.45) is 0 Å². The van der Waals surface area contributed by atoms with E-state index in [1.165, 1.54) is 12.5 Å². The van der Waals surface area contributed by atoms with Gasteiger partial charge in [-0.15, -0.1) is 0 Å². The van der Waals surface area contributed by atoms with E-state index in [4.69, 9.17) is 0 Å². The molecule has 2 aromatic rings. The van der Waals surface area contributed by atoms with Crippen LogP contribution in [0.4, 0.5) is 0 Å². The normalized spacial score (nSPS) is 17.2. The van der Waals surface area contributed by atoms with Crippen molar-refractivity contribution >= 4 is 18.4 Å². The smallest absolute Gasteiger partial charge is 0.0920 e. The van der Waals surface area contributed by atoms with Gasteiger partial charge in [-0.2, -0.15) is 0 Å². The van der Waals surface area contributed by atoms with E-state index in [-0.39, 0.29) is 0 Å². The molecule has 0 saturated carbocycles. The lowest BCUT2D eigenvalue weighted by Crippen LogP contribution is -2.55. The van der Waals surface area contributed by atoms with Crippen LogP contribution in [0.3, 0.4) is 0 Å². The van der Waals surface area contributed by atoms with Gasteiger partial charge in [0.25, 0.3) is 0 Å². The molecule has 0 atom stereocenters. The predicted molar refractivity (Wildman–Crippen MR) is 76.5 cm³/mol. The second-order valence-corrected chi connectivity index (χ2v) is 8.58. The lowest BCUT2D eigenvalue weighted by Gasteiger charge is -2.26. The Labute approximate surface area is 104 Å². The number of rotatable bonds is 2. The van der Waals surface area contributed by atoms with Crippen LogP contribution in [0.2, 0.25) is 6.04 Å². The Hall–Kier alpha value is -1.60. The maximum atomic E-state index is 2.51. The van der Waals surface area contributed by atoms with Gasteiger partial charge in [0.2, 0.25) is 0 Å². The number of hydrogen-bond donors (Lipinski definition) is 0. The lowest BCUT2D eigenvalue weighted by atomic mass is 10.4. The summed E-state index contributed by atoms with van der Waals surface area (Å²) in [4.78, 5) is 0. The zero-order chi connectivity index (χ0) is 11.6. The van der Waals surface area contributed by atoms with E-state index in [1.54, 1.807) is 10.4 Å². The van der Waals surface area contributed by atoms with Crippen molar-refractivity contribution in [2.45, 2.75) is 12.5 Å². The van der Waals surface area contributed by atoms with Crippen LogP contribution in [0.15, 0.2) is 72.4 Å². The largest absolute Gasteiger partial charge is 0.141 e. The average Bonchev–Trinajstić information content (AvgIpc) is 2.91. The molecule has 0 radical (unpaired) electrons. The fourth-order valence-electron chi connectivity index (χ4n) is 2.80. The van der Waals surface area contributed by atoms with Crippen LogP contribution in [0.5, 0.6) is 0 Å². The van der Waals surface area contributed by atoms with E-state index in [1.807, 2.05) is 0 Å². The highest BCUT2D eigenvalue weighted by molar-refractivity contribution is 7.06. The summed E-state index contributed by atoms with van der Waals surface area (Å²) in [6, 6.07) is 23.4.